The van der Waals surface area contributed by atoms with Crippen LogP contribution in [0.5, 0.6) is 11.5 Å². The first-order valence-electron chi connectivity index (χ1n) is 9.78. The summed E-state index contributed by atoms with van der Waals surface area (Å²) < 4.78 is 74.7. The van der Waals surface area contributed by atoms with E-state index in [4.69, 9.17) is 10.5 Å². The molecule has 4 aromatic rings. The van der Waals surface area contributed by atoms with E-state index in [1.54, 1.807) is 0 Å². The lowest BCUT2D eigenvalue weighted by Gasteiger charge is -2.15. The molecule has 0 unspecified atom stereocenters. The predicted octanol–water partition coefficient (Wildman–Crippen LogP) is 2.95. The number of nitrogens with one attached hydrogen (secondary N) is 1. The van der Waals surface area contributed by atoms with Gasteiger partial charge in [-0.3, -0.25) is 9.59 Å². The summed E-state index contributed by atoms with van der Waals surface area (Å²) in [4.78, 5) is 32.5. The van der Waals surface area contributed by atoms with Crippen molar-refractivity contribution in [1.82, 2.24) is 24.9 Å². The van der Waals surface area contributed by atoms with Crippen molar-refractivity contribution in [1.29, 1.82) is 0 Å². The van der Waals surface area contributed by atoms with Crippen LogP contribution in [-0.2, 0) is 9.59 Å². The Morgan fingerprint density at radius 1 is 0.889 bits per heavy atom. The maximum atomic E-state index is 15.1. The van der Waals surface area contributed by atoms with Gasteiger partial charge in [-0.2, -0.15) is 13.8 Å². The Labute approximate surface area is 196 Å². The largest absolute Gasteiger partial charge is 0.451 e. The van der Waals surface area contributed by atoms with Gasteiger partial charge >= 0.3 is 0 Å². The van der Waals surface area contributed by atoms with Crippen molar-refractivity contribution in [2.45, 2.75) is 0 Å². The summed E-state index contributed by atoms with van der Waals surface area (Å²) in [6.45, 7) is 0. The number of anilines is 1. The van der Waals surface area contributed by atoms with E-state index in [9.17, 15) is 27.2 Å². The summed E-state index contributed by atoms with van der Waals surface area (Å²) in [6.07, 6.45) is 3.10. The van der Waals surface area contributed by atoms with Crippen LogP contribution in [0.4, 0.5) is 27.8 Å². The Bertz CT molecular complexity index is 1580. The SMILES string of the molecule is Nc1ncnc2c1c(-c1ccc(Oc3c(F)c(F)cc(F)c3F)cc1F)nn2NN1C(=O)C=CC1=O. The zero-order chi connectivity index (χ0) is 25.7. The molecule has 3 N–H and O–H groups in total. The summed E-state index contributed by atoms with van der Waals surface area (Å²) in [6, 6.07) is 2.83. The molecule has 2 amide bonds. The van der Waals surface area contributed by atoms with Gasteiger partial charge in [-0.25, -0.2) is 28.7 Å². The molecule has 3 heterocycles. The van der Waals surface area contributed by atoms with Crippen LogP contribution in [0.25, 0.3) is 22.3 Å². The molecule has 0 fully saturated rings. The normalized spacial score (nSPS) is 13.2. The van der Waals surface area contributed by atoms with Crippen molar-refractivity contribution in [2.24, 2.45) is 0 Å². The van der Waals surface area contributed by atoms with Gasteiger partial charge in [-0.15, -0.1) is 9.89 Å². The van der Waals surface area contributed by atoms with Crippen LogP contribution >= 0.6 is 0 Å². The van der Waals surface area contributed by atoms with E-state index >= 15 is 4.39 Å². The summed E-state index contributed by atoms with van der Waals surface area (Å²) >= 11 is 0. The average Bonchev–Trinajstić information content (AvgIpc) is 3.36. The third-order valence-electron chi connectivity index (χ3n) is 4.99. The monoisotopic (exact) mass is 503 g/mol. The van der Waals surface area contributed by atoms with Crippen molar-refractivity contribution in [3.8, 4) is 22.8 Å². The van der Waals surface area contributed by atoms with E-state index in [0.29, 0.717) is 11.1 Å². The quantitative estimate of drug-likeness (QED) is 0.242. The maximum absolute atomic E-state index is 15.1. The van der Waals surface area contributed by atoms with E-state index in [2.05, 4.69) is 20.6 Å². The molecule has 15 heteroatoms. The smallest absolute Gasteiger partial charge is 0.273 e. The summed E-state index contributed by atoms with van der Waals surface area (Å²) in [7, 11) is 0. The third-order valence-corrected chi connectivity index (χ3v) is 4.99. The molecule has 36 heavy (non-hydrogen) atoms. The van der Waals surface area contributed by atoms with Crippen LogP contribution < -0.4 is 16.0 Å². The minimum atomic E-state index is -1.81. The van der Waals surface area contributed by atoms with E-state index in [1.165, 1.54) is 0 Å². The standard InChI is InChI=1S/C21H10F5N7O3/c22-10-5-8(36-19-16(25)11(23)6-12(24)17(19)26)1-2-9(10)18-15-20(27)28-7-29-21(15)33(30-18)31-32-13(34)3-4-14(32)35/h1-7,31H,(H2,27,28,29). The van der Waals surface area contributed by atoms with Gasteiger partial charge in [0.15, 0.2) is 17.3 Å². The van der Waals surface area contributed by atoms with Crippen molar-refractivity contribution in [3.63, 3.8) is 0 Å². The van der Waals surface area contributed by atoms with Crippen LogP contribution in [0.1, 0.15) is 0 Å². The fourth-order valence-electron chi connectivity index (χ4n) is 3.34. The van der Waals surface area contributed by atoms with Crippen molar-refractivity contribution >= 4 is 28.7 Å². The Hall–Kier alpha value is -5.08. The van der Waals surface area contributed by atoms with E-state index < -0.39 is 52.4 Å². The fourth-order valence-corrected chi connectivity index (χ4v) is 3.34. The zero-order valence-corrected chi connectivity index (χ0v) is 17.5. The molecule has 0 saturated carbocycles. The molecule has 1 aliphatic heterocycles. The number of fused-ring (bicyclic) bond motifs is 1. The van der Waals surface area contributed by atoms with Crippen LogP contribution in [0.3, 0.4) is 0 Å². The molecule has 0 spiro atoms. The van der Waals surface area contributed by atoms with Crippen LogP contribution in [0, 0.1) is 29.1 Å². The molecule has 0 saturated heterocycles. The lowest BCUT2D eigenvalue weighted by molar-refractivity contribution is -0.136. The van der Waals surface area contributed by atoms with Gasteiger partial charge in [0.25, 0.3) is 11.8 Å². The first kappa shape index (κ1) is 22.7. The average molecular weight is 503 g/mol. The number of hydrogen-bond donors (Lipinski definition) is 2. The molecule has 1 aliphatic rings. The first-order valence-corrected chi connectivity index (χ1v) is 9.78. The van der Waals surface area contributed by atoms with E-state index in [-0.39, 0.29) is 34.2 Å². The Kier molecular flexibility index (Phi) is 5.23. The highest BCUT2D eigenvalue weighted by Gasteiger charge is 2.27. The lowest BCUT2D eigenvalue weighted by atomic mass is 10.1. The number of rotatable bonds is 5. The first-order chi connectivity index (χ1) is 17.2. The molecule has 0 bridgehead atoms. The summed E-state index contributed by atoms with van der Waals surface area (Å²) in [5.74, 6) is -11.5. The number of amides is 2. The molecule has 0 aliphatic carbocycles. The highest BCUT2D eigenvalue weighted by Crippen LogP contribution is 2.35. The molecule has 182 valence electrons. The zero-order valence-electron chi connectivity index (χ0n) is 17.5. The minimum absolute atomic E-state index is 0.00248. The van der Waals surface area contributed by atoms with Crippen LogP contribution in [0.2, 0.25) is 0 Å². The second-order valence-corrected chi connectivity index (χ2v) is 7.20. The molecule has 10 nitrogen and oxygen atoms in total. The van der Waals surface area contributed by atoms with Gasteiger partial charge in [-0.05, 0) is 12.1 Å². The lowest BCUT2D eigenvalue weighted by Crippen LogP contribution is -2.41. The molecule has 2 aromatic carbocycles. The number of ether oxygens (including phenoxy) is 1. The third kappa shape index (κ3) is 3.62. The van der Waals surface area contributed by atoms with Gasteiger partial charge in [0.1, 0.15) is 29.4 Å². The number of nitrogen functional groups attached to an aromatic ring is 1. The Balaban J connectivity index is 1.55. The van der Waals surface area contributed by atoms with Gasteiger partial charge in [0.05, 0.1) is 5.39 Å². The molecule has 5 rings (SSSR count). The molecular weight excluding hydrogens is 493 g/mol. The molecule has 2 aromatic heterocycles. The van der Waals surface area contributed by atoms with E-state index in [1.807, 2.05) is 0 Å². The summed E-state index contributed by atoms with van der Waals surface area (Å²) in [5, 5.41) is 4.78. The highest BCUT2D eigenvalue weighted by atomic mass is 19.2. The molecular formula is C21H10F5N7O3. The number of nitrogens with zero attached hydrogens (tertiary/aromatic N) is 5. The number of hydrazine groups is 1. The van der Waals surface area contributed by atoms with Crippen molar-refractivity contribution < 1.29 is 36.3 Å². The Morgan fingerprint density at radius 2 is 1.56 bits per heavy atom. The predicted molar refractivity (Wildman–Crippen MR) is 112 cm³/mol. The minimum Gasteiger partial charge on any atom is -0.451 e. The van der Waals surface area contributed by atoms with Gasteiger partial charge < -0.3 is 10.5 Å². The number of carbonyl (C=O) groups is 2. The Morgan fingerprint density at radius 3 is 2.19 bits per heavy atom. The second kappa shape index (κ2) is 8.30. The van der Waals surface area contributed by atoms with Crippen LogP contribution in [0.15, 0.2) is 42.7 Å². The number of aromatic nitrogens is 4. The number of halogens is 5. The van der Waals surface area contributed by atoms with Gasteiger partial charge in [-0.1, -0.05) is 0 Å². The molecule has 0 atom stereocenters. The number of carbonyl (C=O) groups excluding carboxylic acids is 2. The summed E-state index contributed by atoms with van der Waals surface area (Å²) in [5.41, 5.74) is 7.95. The van der Waals surface area contributed by atoms with Crippen molar-refractivity contribution in [3.05, 3.63) is 71.8 Å². The number of nitrogens with two attached hydrogens (primary N) is 1. The van der Waals surface area contributed by atoms with Crippen LogP contribution in [-0.4, -0.2) is 36.7 Å². The molecule has 0 radical (unpaired) electrons. The number of benzene rings is 2. The van der Waals surface area contributed by atoms with Gasteiger partial charge in [0.2, 0.25) is 17.4 Å². The van der Waals surface area contributed by atoms with Gasteiger partial charge in [0, 0.05) is 29.8 Å². The topological polar surface area (TPSA) is 128 Å². The number of imide groups is 1. The highest BCUT2D eigenvalue weighted by molar-refractivity contribution is 6.13. The van der Waals surface area contributed by atoms with Crippen molar-refractivity contribution in [2.75, 3.05) is 11.3 Å². The fraction of sp³-hybridized carbons (Fsp3) is 0. The maximum Gasteiger partial charge on any atom is 0.273 e. The second-order valence-electron chi connectivity index (χ2n) is 7.20. The van der Waals surface area contributed by atoms with E-state index in [0.717, 1.165) is 35.4 Å². The number of hydrogen-bond acceptors (Lipinski definition) is 8.